The van der Waals surface area contributed by atoms with Gasteiger partial charge in [-0.15, -0.1) is 0 Å². The summed E-state index contributed by atoms with van der Waals surface area (Å²) < 4.78 is 4.56. The minimum Gasteiger partial charge on any atom is -0.290 e. The zero-order valence-corrected chi connectivity index (χ0v) is 7.97. The molecule has 0 bridgehead atoms. The normalized spacial score (nSPS) is 23.4. The van der Waals surface area contributed by atoms with E-state index in [1.807, 2.05) is 0 Å². The molecule has 0 aromatic rings. The molecule has 1 aliphatic rings. The Balaban J connectivity index is 2.25. The molecule has 1 rings (SSSR count). The highest BCUT2D eigenvalue weighted by Gasteiger charge is 2.14. The third kappa shape index (κ3) is 2.32. The fourth-order valence-electron chi connectivity index (χ4n) is 0.820. The average molecular weight is 179 g/mol. The van der Waals surface area contributed by atoms with Gasteiger partial charge < -0.3 is 0 Å². The van der Waals surface area contributed by atoms with Crippen LogP contribution in [0.25, 0.3) is 0 Å². The molecule has 10 heavy (non-hydrogen) atoms. The maximum absolute atomic E-state index is 3.30. The van der Waals surface area contributed by atoms with E-state index in [0.29, 0.717) is 0 Å². The van der Waals surface area contributed by atoms with Crippen LogP contribution in [0.4, 0.5) is 0 Å². The Morgan fingerprint density at radius 3 is 2.00 bits per heavy atom. The van der Waals surface area contributed by atoms with Crippen molar-refractivity contribution < 1.29 is 0 Å². The van der Waals surface area contributed by atoms with E-state index in [1.54, 1.807) is 23.9 Å². The lowest BCUT2D eigenvalue weighted by Gasteiger charge is -2.32. The van der Waals surface area contributed by atoms with Crippen LogP contribution in [0.3, 0.4) is 0 Å². The van der Waals surface area contributed by atoms with Gasteiger partial charge in [0.05, 0.1) is 20.0 Å². The van der Waals surface area contributed by atoms with Gasteiger partial charge in [-0.1, -0.05) is 23.9 Å². The van der Waals surface area contributed by atoms with Crippen molar-refractivity contribution >= 4 is 23.9 Å². The van der Waals surface area contributed by atoms with Crippen LogP contribution in [0.15, 0.2) is 0 Å². The van der Waals surface area contributed by atoms with Gasteiger partial charge in [-0.3, -0.25) is 5.32 Å². The minimum atomic E-state index is 0.998. The van der Waals surface area contributed by atoms with Crippen LogP contribution in [-0.2, 0) is 0 Å². The predicted octanol–water partition coefficient (Wildman–Crippen LogP) is 0.622. The van der Waals surface area contributed by atoms with Gasteiger partial charge >= 0.3 is 0 Å². The number of nitrogens with zero attached hydrogens (tertiary/aromatic N) is 2. The molecule has 0 radical (unpaired) electrons. The summed E-state index contributed by atoms with van der Waals surface area (Å²) in [5.74, 6) is 0. The van der Waals surface area contributed by atoms with Gasteiger partial charge in [0.2, 0.25) is 0 Å². The molecule has 1 aliphatic heterocycles. The zero-order valence-electron chi connectivity index (χ0n) is 6.33. The van der Waals surface area contributed by atoms with Crippen LogP contribution in [0, 0.1) is 0 Å². The summed E-state index contributed by atoms with van der Waals surface area (Å²) in [6, 6.07) is 0. The van der Waals surface area contributed by atoms with E-state index in [-0.39, 0.29) is 0 Å². The van der Waals surface area contributed by atoms with E-state index in [2.05, 4.69) is 26.4 Å². The Labute approximate surface area is 70.8 Å². The summed E-state index contributed by atoms with van der Waals surface area (Å²) in [6.07, 6.45) is 4.21. The maximum Gasteiger partial charge on any atom is 0.0732 e. The highest BCUT2D eigenvalue weighted by molar-refractivity contribution is 7.97. The van der Waals surface area contributed by atoms with Crippen molar-refractivity contribution in [3.05, 3.63) is 0 Å². The first-order valence-corrected chi connectivity index (χ1v) is 5.52. The van der Waals surface area contributed by atoms with Gasteiger partial charge in [-0.05, 0) is 12.5 Å². The fourth-order valence-corrected chi connectivity index (χ4v) is 1.84. The summed E-state index contributed by atoms with van der Waals surface area (Å²) in [6.45, 7) is 3.05. The lowest BCUT2D eigenvalue weighted by molar-refractivity contribution is 0.233. The lowest BCUT2D eigenvalue weighted by Crippen LogP contribution is -2.47. The third-order valence-corrected chi connectivity index (χ3v) is 2.93. The van der Waals surface area contributed by atoms with Crippen molar-refractivity contribution in [1.29, 1.82) is 0 Å². The molecule has 1 heterocycles. The van der Waals surface area contributed by atoms with Gasteiger partial charge in [-0.25, -0.2) is 8.61 Å². The van der Waals surface area contributed by atoms with E-state index >= 15 is 0 Å². The smallest absolute Gasteiger partial charge is 0.0732 e. The summed E-state index contributed by atoms with van der Waals surface area (Å²) in [4.78, 5) is 0. The highest BCUT2D eigenvalue weighted by Crippen LogP contribution is 2.13. The molecule has 5 heteroatoms. The second-order valence-corrected chi connectivity index (χ2v) is 3.80. The van der Waals surface area contributed by atoms with Gasteiger partial charge in [0.25, 0.3) is 0 Å². The zero-order chi connectivity index (χ0) is 7.40. The number of hydrogen-bond acceptors (Lipinski definition) is 5. The van der Waals surface area contributed by atoms with Crippen LogP contribution in [0.5, 0.6) is 0 Å². The summed E-state index contributed by atoms with van der Waals surface area (Å²) in [5, 5.41) is 3.30. The molecule has 0 atom stereocenters. The van der Waals surface area contributed by atoms with E-state index in [1.165, 1.54) is 0 Å². The van der Waals surface area contributed by atoms with E-state index in [4.69, 9.17) is 0 Å². The summed E-state index contributed by atoms with van der Waals surface area (Å²) >= 11 is 3.56. The first kappa shape index (κ1) is 8.67. The molecule has 0 amide bonds. The number of rotatable bonds is 2. The highest BCUT2D eigenvalue weighted by atomic mass is 32.2. The molecule has 3 nitrogen and oxygen atoms in total. The summed E-state index contributed by atoms with van der Waals surface area (Å²) in [5.41, 5.74) is 0. The van der Waals surface area contributed by atoms with Crippen molar-refractivity contribution in [2.24, 2.45) is 0 Å². The van der Waals surface area contributed by atoms with Gasteiger partial charge in [-0.2, -0.15) is 0 Å². The number of nitrogens with one attached hydrogen (secondary N) is 1. The van der Waals surface area contributed by atoms with Crippen LogP contribution >= 0.6 is 23.9 Å². The standard InChI is InChI=1S/C5H13N3S2/c1-9-7-3-6-4-8(5-7)10-2/h6H,3-5H2,1-2H3. The van der Waals surface area contributed by atoms with Crippen molar-refractivity contribution in [2.75, 3.05) is 32.5 Å². The monoisotopic (exact) mass is 179 g/mol. The molecular formula is C5H13N3S2. The lowest BCUT2D eigenvalue weighted by atomic mass is 10.8. The Hall–Kier alpha value is 0.580. The Kier molecular flexibility index (Phi) is 3.87. The molecule has 0 aromatic carbocycles. The second kappa shape index (κ2) is 4.46. The average Bonchev–Trinajstić information content (AvgIpc) is 2.05. The van der Waals surface area contributed by atoms with Gasteiger partial charge in [0.1, 0.15) is 0 Å². The SMILES string of the molecule is CSN1CNCN(SC)C1. The predicted molar refractivity (Wildman–Crippen MR) is 48.4 cm³/mol. The van der Waals surface area contributed by atoms with Crippen LogP contribution in [0.1, 0.15) is 0 Å². The molecule has 1 fully saturated rings. The molecule has 1 saturated heterocycles. The second-order valence-electron chi connectivity index (χ2n) is 2.04. The largest absolute Gasteiger partial charge is 0.290 e. The van der Waals surface area contributed by atoms with Crippen molar-refractivity contribution in [3.8, 4) is 0 Å². The molecule has 0 unspecified atom stereocenters. The van der Waals surface area contributed by atoms with Gasteiger partial charge in [0, 0.05) is 0 Å². The first-order valence-electron chi connectivity index (χ1n) is 3.15. The Morgan fingerprint density at radius 2 is 1.60 bits per heavy atom. The quantitative estimate of drug-likeness (QED) is 0.625. The van der Waals surface area contributed by atoms with E-state index < -0.39 is 0 Å². The van der Waals surface area contributed by atoms with E-state index in [0.717, 1.165) is 20.0 Å². The van der Waals surface area contributed by atoms with Crippen molar-refractivity contribution in [3.63, 3.8) is 0 Å². The minimum absolute atomic E-state index is 0.998. The molecule has 60 valence electrons. The van der Waals surface area contributed by atoms with Crippen molar-refractivity contribution in [1.82, 2.24) is 13.9 Å². The topological polar surface area (TPSA) is 18.5 Å². The first-order chi connectivity index (χ1) is 4.86. The third-order valence-electron chi connectivity index (χ3n) is 1.41. The van der Waals surface area contributed by atoms with Gasteiger partial charge in [0.15, 0.2) is 0 Å². The molecule has 0 saturated carbocycles. The molecule has 0 spiro atoms. The van der Waals surface area contributed by atoms with Crippen LogP contribution in [0.2, 0.25) is 0 Å². The molecule has 0 aliphatic carbocycles. The van der Waals surface area contributed by atoms with Crippen molar-refractivity contribution in [2.45, 2.75) is 0 Å². The van der Waals surface area contributed by atoms with Crippen LogP contribution < -0.4 is 5.32 Å². The van der Waals surface area contributed by atoms with Crippen LogP contribution in [-0.4, -0.2) is 41.1 Å². The van der Waals surface area contributed by atoms with E-state index in [9.17, 15) is 0 Å². The Morgan fingerprint density at radius 1 is 1.10 bits per heavy atom. The summed E-state index contributed by atoms with van der Waals surface area (Å²) in [7, 11) is 0. The Bertz CT molecular complexity index is 90.9. The fraction of sp³-hybridized carbons (Fsp3) is 1.00. The number of hydrogen-bond donors (Lipinski definition) is 1. The molecule has 1 N–H and O–H groups in total. The molecular weight excluding hydrogens is 166 g/mol. The molecule has 0 aromatic heterocycles. The maximum atomic E-state index is 3.30.